The Morgan fingerprint density at radius 2 is 2.06 bits per heavy atom. The number of ether oxygens (including phenoxy) is 1. The zero-order chi connectivity index (χ0) is 12.4. The van der Waals surface area contributed by atoms with Gasteiger partial charge in [-0.1, -0.05) is 0 Å². The van der Waals surface area contributed by atoms with E-state index >= 15 is 0 Å². The van der Waals surface area contributed by atoms with Gasteiger partial charge in [0.25, 0.3) is 0 Å². The van der Waals surface area contributed by atoms with Crippen molar-refractivity contribution in [3.8, 4) is 17.1 Å². The topological polar surface area (TPSA) is 39.9 Å². The Morgan fingerprint density at radius 1 is 1.29 bits per heavy atom. The van der Waals surface area contributed by atoms with Gasteiger partial charge in [-0.05, 0) is 19.1 Å². The normalized spacial score (nSPS) is 10.6. The molecule has 90 valence electrons. The molecular weight excluding hydrogens is 228 g/mol. The zero-order valence-electron chi connectivity index (χ0n) is 9.44. The second-order valence-corrected chi connectivity index (χ2v) is 3.41. The van der Waals surface area contributed by atoms with Crippen molar-refractivity contribution in [1.82, 2.24) is 14.8 Å². The van der Waals surface area contributed by atoms with Crippen molar-refractivity contribution in [3.05, 3.63) is 30.1 Å². The molecule has 0 fully saturated rings. The summed E-state index contributed by atoms with van der Waals surface area (Å²) >= 11 is 0. The predicted molar refractivity (Wildman–Crippen MR) is 57.5 cm³/mol. The van der Waals surface area contributed by atoms with Crippen molar-refractivity contribution < 1.29 is 13.5 Å². The molecule has 4 nitrogen and oxygen atoms in total. The zero-order valence-corrected chi connectivity index (χ0v) is 9.44. The van der Waals surface area contributed by atoms with Crippen LogP contribution in [0.2, 0.25) is 0 Å². The van der Waals surface area contributed by atoms with Crippen molar-refractivity contribution in [3.63, 3.8) is 0 Å². The van der Waals surface area contributed by atoms with E-state index in [4.69, 9.17) is 4.74 Å². The number of halogens is 2. The summed E-state index contributed by atoms with van der Waals surface area (Å²) in [5.74, 6) is -1.98. The minimum atomic E-state index is -1.02. The SMILES string of the molecule is CCOc1ccc(-c2ncn(C)n2)c(F)c1F. The molecule has 0 radical (unpaired) electrons. The lowest BCUT2D eigenvalue weighted by Gasteiger charge is -2.06. The molecule has 0 saturated heterocycles. The van der Waals surface area contributed by atoms with Crippen LogP contribution in [0.3, 0.4) is 0 Å². The van der Waals surface area contributed by atoms with E-state index < -0.39 is 11.6 Å². The number of nitrogens with zero attached hydrogens (tertiary/aromatic N) is 3. The Labute approximate surface area is 96.9 Å². The largest absolute Gasteiger partial charge is 0.491 e. The highest BCUT2D eigenvalue weighted by Gasteiger charge is 2.17. The predicted octanol–water partition coefficient (Wildman–Crippen LogP) is 2.16. The minimum Gasteiger partial charge on any atom is -0.491 e. The Hall–Kier alpha value is -1.98. The van der Waals surface area contributed by atoms with Gasteiger partial charge in [-0.15, -0.1) is 0 Å². The summed E-state index contributed by atoms with van der Waals surface area (Å²) in [5.41, 5.74) is 0.0200. The van der Waals surface area contributed by atoms with E-state index in [1.807, 2.05) is 0 Å². The smallest absolute Gasteiger partial charge is 0.201 e. The molecule has 0 unspecified atom stereocenters. The maximum absolute atomic E-state index is 13.7. The lowest BCUT2D eigenvalue weighted by atomic mass is 10.2. The van der Waals surface area contributed by atoms with Crippen molar-refractivity contribution in [2.24, 2.45) is 7.05 Å². The highest BCUT2D eigenvalue weighted by molar-refractivity contribution is 5.57. The standard InChI is InChI=1S/C11H11F2N3O/c1-3-17-8-5-4-7(9(12)10(8)13)11-14-6-16(2)15-11/h4-6H,3H2,1-2H3. The number of aryl methyl sites for hydroxylation is 1. The Kier molecular flexibility index (Phi) is 3.03. The second-order valence-electron chi connectivity index (χ2n) is 3.41. The van der Waals surface area contributed by atoms with E-state index in [9.17, 15) is 8.78 Å². The van der Waals surface area contributed by atoms with Crippen molar-refractivity contribution in [1.29, 1.82) is 0 Å². The molecule has 1 heterocycles. The van der Waals surface area contributed by atoms with Gasteiger partial charge in [0.15, 0.2) is 17.4 Å². The number of benzene rings is 1. The van der Waals surface area contributed by atoms with Crippen molar-refractivity contribution >= 4 is 0 Å². The van der Waals surface area contributed by atoms with E-state index in [2.05, 4.69) is 10.1 Å². The summed E-state index contributed by atoms with van der Waals surface area (Å²) in [6, 6.07) is 2.77. The highest BCUT2D eigenvalue weighted by Crippen LogP contribution is 2.27. The molecule has 0 amide bonds. The van der Waals surface area contributed by atoms with E-state index in [0.29, 0.717) is 0 Å². The summed E-state index contributed by atoms with van der Waals surface area (Å²) in [6.07, 6.45) is 1.42. The third-order valence-electron chi connectivity index (χ3n) is 2.19. The minimum absolute atomic E-state index is 0.0200. The van der Waals surface area contributed by atoms with Crippen LogP contribution in [-0.4, -0.2) is 21.4 Å². The van der Waals surface area contributed by atoms with Crippen LogP contribution in [0, 0.1) is 11.6 Å². The summed E-state index contributed by atoms with van der Waals surface area (Å²) < 4.78 is 33.7. The van der Waals surface area contributed by atoms with Crippen LogP contribution >= 0.6 is 0 Å². The Bertz CT molecular complexity index is 540. The third-order valence-corrected chi connectivity index (χ3v) is 2.19. The van der Waals surface area contributed by atoms with E-state index in [-0.39, 0.29) is 23.7 Å². The maximum atomic E-state index is 13.7. The maximum Gasteiger partial charge on any atom is 0.201 e. The molecule has 0 aliphatic heterocycles. The third kappa shape index (κ3) is 2.11. The van der Waals surface area contributed by atoms with Gasteiger partial charge >= 0.3 is 0 Å². The van der Waals surface area contributed by atoms with Crippen LogP contribution in [0.4, 0.5) is 8.78 Å². The fraction of sp³-hybridized carbons (Fsp3) is 0.273. The molecule has 17 heavy (non-hydrogen) atoms. The quantitative estimate of drug-likeness (QED) is 0.824. The van der Waals surface area contributed by atoms with Gasteiger partial charge in [-0.25, -0.2) is 9.37 Å². The molecule has 2 rings (SSSR count). The van der Waals surface area contributed by atoms with Crippen molar-refractivity contribution in [2.45, 2.75) is 6.92 Å². The van der Waals surface area contributed by atoms with Crippen molar-refractivity contribution in [2.75, 3.05) is 6.61 Å². The highest BCUT2D eigenvalue weighted by atomic mass is 19.2. The van der Waals surface area contributed by atoms with Crippen LogP contribution in [-0.2, 0) is 7.05 Å². The van der Waals surface area contributed by atoms with Crippen LogP contribution in [0.5, 0.6) is 5.75 Å². The van der Waals surface area contributed by atoms with Gasteiger partial charge in [-0.2, -0.15) is 9.49 Å². The summed E-state index contributed by atoms with van der Waals surface area (Å²) in [7, 11) is 1.65. The monoisotopic (exact) mass is 239 g/mol. The number of aromatic nitrogens is 3. The Balaban J connectivity index is 2.47. The fourth-order valence-corrected chi connectivity index (χ4v) is 1.43. The Morgan fingerprint density at radius 3 is 2.65 bits per heavy atom. The molecule has 0 N–H and O–H groups in total. The summed E-state index contributed by atoms with van der Waals surface area (Å²) in [5, 5.41) is 3.92. The molecule has 0 aliphatic carbocycles. The lowest BCUT2D eigenvalue weighted by molar-refractivity contribution is 0.314. The van der Waals surface area contributed by atoms with Crippen LogP contribution in [0.25, 0.3) is 11.4 Å². The molecule has 0 spiro atoms. The van der Waals surface area contributed by atoms with Gasteiger partial charge in [0, 0.05) is 7.05 Å². The van der Waals surface area contributed by atoms with E-state index in [0.717, 1.165) is 0 Å². The van der Waals surface area contributed by atoms with Gasteiger partial charge in [0.1, 0.15) is 6.33 Å². The first-order chi connectivity index (χ1) is 8.13. The van der Waals surface area contributed by atoms with Crippen LogP contribution in [0.15, 0.2) is 18.5 Å². The molecule has 0 bridgehead atoms. The summed E-state index contributed by atoms with van der Waals surface area (Å²) in [6.45, 7) is 1.98. The summed E-state index contributed by atoms with van der Waals surface area (Å²) in [4.78, 5) is 3.87. The first-order valence-corrected chi connectivity index (χ1v) is 5.10. The average molecular weight is 239 g/mol. The first-order valence-electron chi connectivity index (χ1n) is 5.10. The number of rotatable bonds is 3. The molecule has 1 aromatic heterocycles. The molecule has 2 aromatic rings. The van der Waals surface area contributed by atoms with Gasteiger partial charge in [-0.3, -0.25) is 4.68 Å². The van der Waals surface area contributed by atoms with Crippen LogP contribution in [0.1, 0.15) is 6.92 Å². The average Bonchev–Trinajstić information content (AvgIpc) is 2.72. The van der Waals surface area contributed by atoms with Crippen LogP contribution < -0.4 is 4.74 Å². The van der Waals surface area contributed by atoms with E-state index in [1.165, 1.54) is 23.1 Å². The van der Waals surface area contributed by atoms with E-state index in [1.54, 1.807) is 14.0 Å². The molecular formula is C11H11F2N3O. The number of hydrogen-bond acceptors (Lipinski definition) is 3. The van der Waals surface area contributed by atoms with Gasteiger partial charge in [0.2, 0.25) is 5.82 Å². The molecule has 0 atom stereocenters. The fourth-order valence-electron chi connectivity index (χ4n) is 1.43. The molecule has 6 heteroatoms. The first kappa shape index (κ1) is 11.5. The van der Waals surface area contributed by atoms with Gasteiger partial charge < -0.3 is 4.74 Å². The van der Waals surface area contributed by atoms with Gasteiger partial charge in [0.05, 0.1) is 12.2 Å². The second kappa shape index (κ2) is 4.48. The number of hydrogen-bond donors (Lipinski definition) is 0. The molecule has 0 aliphatic rings. The lowest BCUT2D eigenvalue weighted by Crippen LogP contribution is -1.99. The molecule has 1 aromatic carbocycles. The molecule has 0 saturated carbocycles.